The van der Waals surface area contributed by atoms with E-state index in [1.54, 1.807) is 0 Å². The average Bonchev–Trinajstić information content (AvgIpc) is 2.72. The fraction of sp³-hybridized carbons (Fsp3) is 1.00. The molecule has 0 aromatic carbocycles. The van der Waals surface area contributed by atoms with Crippen LogP contribution < -0.4 is 0 Å². The van der Waals surface area contributed by atoms with E-state index in [1.807, 2.05) is 6.92 Å². The lowest BCUT2D eigenvalue weighted by molar-refractivity contribution is 0.00161. The Balaban J connectivity index is 0.000000160. The molecule has 3 saturated carbocycles. The van der Waals surface area contributed by atoms with E-state index in [9.17, 15) is 10.2 Å². The molecule has 2 bridgehead atoms. The van der Waals surface area contributed by atoms with Crippen LogP contribution in [0.1, 0.15) is 86.5 Å². The van der Waals surface area contributed by atoms with E-state index in [-0.39, 0.29) is 17.1 Å². The van der Waals surface area contributed by atoms with Crippen molar-refractivity contribution in [3.63, 3.8) is 0 Å². The SMILES string of the molecule is CC(C)C1CCC(C)(O)CC1.CC1(C)[C@@H]2CC[C@@]1(C)[C@@H](O)C2. The van der Waals surface area contributed by atoms with Gasteiger partial charge in [0.15, 0.2) is 0 Å². The molecule has 0 aromatic rings. The first-order valence-electron chi connectivity index (χ1n) is 9.40. The summed E-state index contributed by atoms with van der Waals surface area (Å²) in [7, 11) is 0. The average molecular weight is 311 g/mol. The Labute approximate surface area is 137 Å². The third-order valence-electron chi connectivity index (χ3n) is 7.80. The van der Waals surface area contributed by atoms with Crippen molar-refractivity contribution in [2.45, 2.75) is 98.2 Å². The van der Waals surface area contributed by atoms with E-state index in [4.69, 9.17) is 0 Å². The third-order valence-corrected chi connectivity index (χ3v) is 7.80. The van der Waals surface area contributed by atoms with Crippen molar-refractivity contribution in [3.8, 4) is 0 Å². The number of hydrogen-bond donors (Lipinski definition) is 2. The topological polar surface area (TPSA) is 40.5 Å². The summed E-state index contributed by atoms with van der Waals surface area (Å²) >= 11 is 0. The third kappa shape index (κ3) is 3.24. The van der Waals surface area contributed by atoms with Gasteiger partial charge in [-0.05, 0) is 80.5 Å². The van der Waals surface area contributed by atoms with Crippen LogP contribution in [0.2, 0.25) is 0 Å². The van der Waals surface area contributed by atoms with Crippen molar-refractivity contribution in [1.29, 1.82) is 0 Å². The first-order chi connectivity index (χ1) is 9.99. The molecule has 2 nitrogen and oxygen atoms in total. The molecule has 0 heterocycles. The lowest BCUT2D eigenvalue weighted by Gasteiger charge is -2.36. The van der Waals surface area contributed by atoms with Crippen LogP contribution in [0.4, 0.5) is 0 Å². The van der Waals surface area contributed by atoms with Crippen LogP contribution in [-0.2, 0) is 0 Å². The smallest absolute Gasteiger partial charge is 0.0620 e. The number of hydrogen-bond acceptors (Lipinski definition) is 2. The molecule has 0 unspecified atom stereocenters. The second-order valence-corrected chi connectivity index (χ2v) is 9.70. The molecule has 22 heavy (non-hydrogen) atoms. The van der Waals surface area contributed by atoms with E-state index < -0.39 is 0 Å². The summed E-state index contributed by atoms with van der Waals surface area (Å²) in [6, 6.07) is 0. The largest absolute Gasteiger partial charge is 0.393 e. The molecule has 0 aliphatic heterocycles. The zero-order chi connectivity index (χ0) is 16.8. The molecule has 3 rings (SSSR count). The maximum Gasteiger partial charge on any atom is 0.0620 e. The fourth-order valence-corrected chi connectivity index (χ4v) is 5.09. The monoisotopic (exact) mass is 310 g/mol. The highest BCUT2D eigenvalue weighted by Crippen LogP contribution is 2.65. The van der Waals surface area contributed by atoms with Gasteiger partial charge in [-0.15, -0.1) is 0 Å². The van der Waals surface area contributed by atoms with E-state index in [2.05, 4.69) is 34.6 Å². The summed E-state index contributed by atoms with van der Waals surface area (Å²) in [4.78, 5) is 0. The van der Waals surface area contributed by atoms with Gasteiger partial charge in [-0.1, -0.05) is 34.6 Å². The molecule has 130 valence electrons. The van der Waals surface area contributed by atoms with Gasteiger partial charge in [0.1, 0.15) is 0 Å². The Bertz CT molecular complexity index is 375. The van der Waals surface area contributed by atoms with Gasteiger partial charge in [-0.3, -0.25) is 0 Å². The van der Waals surface area contributed by atoms with Crippen LogP contribution in [0.3, 0.4) is 0 Å². The molecule has 2 N–H and O–H groups in total. The number of rotatable bonds is 1. The maximum absolute atomic E-state index is 9.81. The molecule has 0 saturated heterocycles. The second-order valence-electron chi connectivity index (χ2n) is 9.70. The summed E-state index contributed by atoms with van der Waals surface area (Å²) < 4.78 is 0. The summed E-state index contributed by atoms with van der Waals surface area (Å²) in [5.41, 5.74) is 0.246. The second kappa shape index (κ2) is 6.09. The first kappa shape index (κ1) is 18.3. The Morgan fingerprint density at radius 2 is 1.45 bits per heavy atom. The molecule has 3 aliphatic rings. The van der Waals surface area contributed by atoms with Crippen molar-refractivity contribution >= 4 is 0 Å². The van der Waals surface area contributed by atoms with Crippen LogP contribution in [0.25, 0.3) is 0 Å². The molecule has 3 atom stereocenters. The minimum absolute atomic E-state index is 0.0313. The van der Waals surface area contributed by atoms with Gasteiger partial charge in [0.05, 0.1) is 11.7 Å². The van der Waals surface area contributed by atoms with Gasteiger partial charge in [-0.2, -0.15) is 0 Å². The number of aliphatic hydroxyl groups excluding tert-OH is 1. The lowest BCUT2D eigenvalue weighted by Crippen LogP contribution is -2.35. The Morgan fingerprint density at radius 3 is 1.73 bits per heavy atom. The zero-order valence-corrected chi connectivity index (χ0v) is 15.7. The fourth-order valence-electron chi connectivity index (χ4n) is 5.09. The highest BCUT2D eigenvalue weighted by Gasteiger charge is 2.60. The van der Waals surface area contributed by atoms with Crippen molar-refractivity contribution in [1.82, 2.24) is 0 Å². The predicted molar refractivity (Wildman–Crippen MR) is 92.7 cm³/mol. The van der Waals surface area contributed by atoms with Crippen LogP contribution in [0.5, 0.6) is 0 Å². The quantitative estimate of drug-likeness (QED) is 0.732. The van der Waals surface area contributed by atoms with E-state index in [0.29, 0.717) is 5.41 Å². The summed E-state index contributed by atoms with van der Waals surface area (Å²) in [6.07, 6.45) is 7.99. The van der Waals surface area contributed by atoms with Crippen LogP contribution in [-0.4, -0.2) is 21.9 Å². The summed E-state index contributed by atoms with van der Waals surface area (Å²) in [5.74, 6) is 2.43. The summed E-state index contributed by atoms with van der Waals surface area (Å²) in [5, 5.41) is 19.5. The molecule has 0 amide bonds. The molecular formula is C20H38O2. The molecule has 0 aromatic heterocycles. The van der Waals surface area contributed by atoms with Crippen molar-refractivity contribution in [3.05, 3.63) is 0 Å². The zero-order valence-electron chi connectivity index (χ0n) is 15.7. The van der Waals surface area contributed by atoms with E-state index >= 15 is 0 Å². The Hall–Kier alpha value is -0.0800. The molecular weight excluding hydrogens is 272 g/mol. The lowest BCUT2D eigenvalue weighted by atomic mass is 9.70. The van der Waals surface area contributed by atoms with Crippen molar-refractivity contribution in [2.75, 3.05) is 0 Å². The maximum atomic E-state index is 9.81. The van der Waals surface area contributed by atoms with Gasteiger partial charge >= 0.3 is 0 Å². The molecule has 0 spiro atoms. The molecule has 0 radical (unpaired) electrons. The van der Waals surface area contributed by atoms with Crippen molar-refractivity contribution < 1.29 is 10.2 Å². The Kier molecular flexibility index (Phi) is 5.06. The van der Waals surface area contributed by atoms with Gasteiger partial charge in [0, 0.05) is 0 Å². The minimum Gasteiger partial charge on any atom is -0.393 e. The van der Waals surface area contributed by atoms with Crippen LogP contribution in [0.15, 0.2) is 0 Å². The number of fused-ring (bicyclic) bond motifs is 2. The van der Waals surface area contributed by atoms with Gasteiger partial charge in [-0.25, -0.2) is 0 Å². The van der Waals surface area contributed by atoms with Crippen LogP contribution >= 0.6 is 0 Å². The van der Waals surface area contributed by atoms with Gasteiger partial charge in [0.25, 0.3) is 0 Å². The number of aliphatic hydroxyl groups is 2. The van der Waals surface area contributed by atoms with E-state index in [0.717, 1.165) is 37.0 Å². The standard InChI is InChI=1S/C10H18O.C10H20O/c1-9(2)7-4-5-10(9,3)8(11)6-7;1-8(2)9-4-6-10(3,11)7-5-9/h7-8,11H,4-6H2,1-3H3;8-9,11H,4-7H2,1-3H3/t7-,8+,10+;/m1./s1. The minimum atomic E-state index is -0.356. The molecule has 2 heteroatoms. The van der Waals surface area contributed by atoms with Crippen molar-refractivity contribution in [2.24, 2.45) is 28.6 Å². The van der Waals surface area contributed by atoms with Gasteiger partial charge in [0.2, 0.25) is 0 Å². The normalized spacial score (nSPS) is 46.5. The molecule has 3 aliphatic carbocycles. The highest BCUT2D eigenvalue weighted by molar-refractivity contribution is 5.10. The predicted octanol–water partition coefficient (Wildman–Crippen LogP) is 4.78. The van der Waals surface area contributed by atoms with E-state index in [1.165, 1.54) is 25.7 Å². The summed E-state index contributed by atoms with van der Waals surface area (Å²) in [6.45, 7) is 13.4. The first-order valence-corrected chi connectivity index (χ1v) is 9.40. The highest BCUT2D eigenvalue weighted by atomic mass is 16.3. The Morgan fingerprint density at radius 1 is 0.909 bits per heavy atom. The van der Waals surface area contributed by atoms with Gasteiger partial charge < -0.3 is 10.2 Å². The van der Waals surface area contributed by atoms with Crippen LogP contribution in [0, 0.1) is 28.6 Å². The molecule has 3 fully saturated rings.